The second kappa shape index (κ2) is 6.84. The number of aryl methyl sites for hydroxylation is 1. The molecule has 1 aromatic carbocycles. The van der Waals surface area contributed by atoms with Crippen molar-refractivity contribution in [2.75, 3.05) is 12.4 Å². The second-order valence-corrected chi connectivity index (χ2v) is 7.13. The zero-order valence-electron chi connectivity index (χ0n) is 14.1. The van der Waals surface area contributed by atoms with Gasteiger partial charge >= 0.3 is 0 Å². The lowest BCUT2D eigenvalue weighted by Gasteiger charge is -2.21. The second-order valence-electron chi connectivity index (χ2n) is 6.27. The van der Waals surface area contributed by atoms with E-state index < -0.39 is 0 Å². The first kappa shape index (κ1) is 17.0. The summed E-state index contributed by atoms with van der Waals surface area (Å²) in [4.78, 5) is 4.35. The van der Waals surface area contributed by atoms with Gasteiger partial charge < -0.3 is 10.1 Å². The molecule has 0 saturated heterocycles. The monoisotopic (exact) mass is 327 g/mol. The summed E-state index contributed by atoms with van der Waals surface area (Å²) in [6.07, 6.45) is 1.68. The minimum Gasteiger partial charge on any atom is -0.495 e. The van der Waals surface area contributed by atoms with Crippen molar-refractivity contribution in [3.63, 3.8) is 0 Å². The first-order chi connectivity index (χ1) is 10.8. The quantitative estimate of drug-likeness (QED) is 0.824. The number of nitriles is 1. The van der Waals surface area contributed by atoms with Crippen molar-refractivity contribution in [1.82, 2.24) is 4.98 Å². The van der Waals surface area contributed by atoms with Crippen LogP contribution in [0.1, 0.15) is 37.0 Å². The summed E-state index contributed by atoms with van der Waals surface area (Å²) in [6, 6.07) is 8.24. The van der Waals surface area contributed by atoms with Crippen molar-refractivity contribution in [1.29, 1.82) is 5.26 Å². The highest BCUT2D eigenvalue weighted by atomic mass is 32.1. The van der Waals surface area contributed by atoms with Gasteiger partial charge in [-0.1, -0.05) is 26.8 Å². The summed E-state index contributed by atoms with van der Waals surface area (Å²) in [7, 11) is 1.64. The van der Waals surface area contributed by atoms with Crippen LogP contribution in [0.15, 0.2) is 29.8 Å². The van der Waals surface area contributed by atoms with Crippen LogP contribution in [0.5, 0.6) is 5.75 Å². The van der Waals surface area contributed by atoms with Gasteiger partial charge in [0.25, 0.3) is 0 Å². The maximum Gasteiger partial charge on any atom is 0.142 e. The molecule has 2 aromatic rings. The van der Waals surface area contributed by atoms with Crippen molar-refractivity contribution in [2.45, 2.75) is 33.1 Å². The number of thiazole rings is 1. The van der Waals surface area contributed by atoms with E-state index in [2.05, 4.69) is 49.3 Å². The number of hydrogen-bond donors (Lipinski definition) is 1. The number of methoxy groups -OCH3 is 1. The van der Waals surface area contributed by atoms with Crippen molar-refractivity contribution in [2.24, 2.45) is 0 Å². The molecule has 0 radical (unpaired) electrons. The van der Waals surface area contributed by atoms with Crippen LogP contribution in [0.2, 0.25) is 0 Å². The van der Waals surface area contributed by atoms with Gasteiger partial charge in [-0.15, -0.1) is 11.3 Å². The molecule has 0 bridgehead atoms. The van der Waals surface area contributed by atoms with Crippen LogP contribution in [0, 0.1) is 18.3 Å². The van der Waals surface area contributed by atoms with E-state index in [-0.39, 0.29) is 5.41 Å². The Morgan fingerprint density at radius 2 is 2.13 bits per heavy atom. The molecule has 0 aliphatic carbocycles. The number of aromatic nitrogens is 1. The zero-order chi connectivity index (χ0) is 17.0. The van der Waals surface area contributed by atoms with E-state index in [1.807, 2.05) is 18.4 Å². The van der Waals surface area contributed by atoms with Crippen LogP contribution in [-0.2, 0) is 5.41 Å². The number of anilines is 1. The van der Waals surface area contributed by atoms with Crippen molar-refractivity contribution < 1.29 is 4.74 Å². The number of allylic oxidation sites excluding steroid dienone is 1. The molecular weight excluding hydrogens is 306 g/mol. The summed E-state index contributed by atoms with van der Waals surface area (Å²) in [5.41, 5.74) is 3.49. The Balaban J connectivity index is 2.34. The Hall–Kier alpha value is -2.32. The van der Waals surface area contributed by atoms with E-state index in [1.165, 1.54) is 16.9 Å². The molecule has 1 aromatic heterocycles. The van der Waals surface area contributed by atoms with Crippen LogP contribution in [0.4, 0.5) is 5.69 Å². The van der Waals surface area contributed by atoms with Gasteiger partial charge in [0.1, 0.15) is 22.4 Å². The lowest BCUT2D eigenvalue weighted by molar-refractivity contribution is 0.416. The minimum atomic E-state index is 0.0386. The third kappa shape index (κ3) is 4.11. The molecule has 0 spiro atoms. The van der Waals surface area contributed by atoms with Crippen molar-refractivity contribution >= 4 is 22.6 Å². The summed E-state index contributed by atoms with van der Waals surface area (Å²) in [5, 5.41) is 15.2. The lowest BCUT2D eigenvalue weighted by Crippen LogP contribution is -2.11. The number of nitrogens with one attached hydrogen (secondary N) is 1. The van der Waals surface area contributed by atoms with Gasteiger partial charge in [-0.05, 0) is 30.0 Å². The van der Waals surface area contributed by atoms with Gasteiger partial charge in [0.2, 0.25) is 0 Å². The summed E-state index contributed by atoms with van der Waals surface area (Å²) in [6.45, 7) is 8.40. The zero-order valence-corrected chi connectivity index (χ0v) is 14.9. The molecule has 0 atom stereocenters. The highest BCUT2D eigenvalue weighted by Crippen LogP contribution is 2.32. The van der Waals surface area contributed by atoms with Gasteiger partial charge in [-0.3, -0.25) is 0 Å². The van der Waals surface area contributed by atoms with E-state index in [0.29, 0.717) is 10.6 Å². The van der Waals surface area contributed by atoms with Gasteiger partial charge in [0.15, 0.2) is 0 Å². The Labute approximate surface area is 141 Å². The Morgan fingerprint density at radius 1 is 1.39 bits per heavy atom. The molecular formula is C18H21N3OS. The largest absolute Gasteiger partial charge is 0.495 e. The fraction of sp³-hybridized carbons (Fsp3) is 0.333. The molecule has 0 aliphatic heterocycles. The van der Waals surface area contributed by atoms with E-state index in [9.17, 15) is 5.26 Å². The molecule has 4 nitrogen and oxygen atoms in total. The maximum atomic E-state index is 9.35. The molecule has 5 heteroatoms. The first-order valence-corrected chi connectivity index (χ1v) is 8.21. The third-order valence-electron chi connectivity index (χ3n) is 3.41. The molecule has 120 valence electrons. The Morgan fingerprint density at radius 3 is 2.65 bits per heavy atom. The van der Waals surface area contributed by atoms with Crippen LogP contribution in [-0.4, -0.2) is 12.1 Å². The Bertz CT molecular complexity index is 763. The highest BCUT2D eigenvalue weighted by molar-refractivity contribution is 7.10. The van der Waals surface area contributed by atoms with Gasteiger partial charge in [-0.25, -0.2) is 4.98 Å². The number of benzene rings is 1. The molecule has 0 saturated carbocycles. The summed E-state index contributed by atoms with van der Waals surface area (Å²) in [5.74, 6) is 0.738. The normalized spacial score (nSPS) is 11.9. The average molecular weight is 327 g/mol. The highest BCUT2D eigenvalue weighted by Gasteiger charge is 2.16. The fourth-order valence-corrected chi connectivity index (χ4v) is 2.82. The summed E-state index contributed by atoms with van der Waals surface area (Å²) < 4.78 is 5.40. The SMILES string of the molecule is COc1ccc(C(C)(C)C)cc1N/C=C(\C#N)c1nc(C)cs1. The number of hydrogen-bond acceptors (Lipinski definition) is 5. The molecule has 1 heterocycles. The molecule has 0 amide bonds. The van der Waals surface area contributed by atoms with E-state index >= 15 is 0 Å². The molecule has 23 heavy (non-hydrogen) atoms. The van der Waals surface area contributed by atoms with E-state index in [1.54, 1.807) is 13.3 Å². The fourth-order valence-electron chi connectivity index (χ4n) is 2.06. The van der Waals surface area contributed by atoms with Crippen LogP contribution >= 0.6 is 11.3 Å². The maximum absolute atomic E-state index is 9.35. The standard InChI is InChI=1S/C18H21N3OS/c1-12-11-23-17(21-12)13(9-19)10-20-15-8-14(18(2,3)4)6-7-16(15)22-5/h6-8,10-11,20H,1-5H3/b13-10+. The average Bonchev–Trinajstić information content (AvgIpc) is 2.93. The molecule has 1 N–H and O–H groups in total. The first-order valence-electron chi connectivity index (χ1n) is 7.33. The summed E-state index contributed by atoms with van der Waals surface area (Å²) >= 11 is 1.46. The van der Waals surface area contributed by atoms with E-state index in [4.69, 9.17) is 4.74 Å². The molecule has 2 rings (SSSR count). The lowest BCUT2D eigenvalue weighted by atomic mass is 9.87. The van der Waals surface area contributed by atoms with Crippen molar-refractivity contribution in [3.05, 3.63) is 46.0 Å². The van der Waals surface area contributed by atoms with Gasteiger partial charge in [-0.2, -0.15) is 5.26 Å². The smallest absolute Gasteiger partial charge is 0.142 e. The van der Waals surface area contributed by atoms with Crippen LogP contribution in [0.25, 0.3) is 5.57 Å². The predicted molar refractivity (Wildman–Crippen MR) is 95.8 cm³/mol. The molecule has 0 aliphatic rings. The van der Waals surface area contributed by atoms with Crippen LogP contribution < -0.4 is 10.1 Å². The molecule has 0 unspecified atom stereocenters. The minimum absolute atomic E-state index is 0.0386. The number of nitrogens with zero attached hydrogens (tertiary/aromatic N) is 2. The van der Waals surface area contributed by atoms with Gasteiger partial charge in [0.05, 0.1) is 12.8 Å². The Kier molecular flexibility index (Phi) is 5.07. The van der Waals surface area contributed by atoms with Gasteiger partial charge in [0, 0.05) is 17.3 Å². The third-order valence-corrected chi connectivity index (χ3v) is 4.40. The predicted octanol–water partition coefficient (Wildman–Crippen LogP) is 4.73. The van der Waals surface area contributed by atoms with Crippen LogP contribution in [0.3, 0.4) is 0 Å². The topological polar surface area (TPSA) is 57.9 Å². The number of ether oxygens (including phenoxy) is 1. The molecule has 0 fully saturated rings. The van der Waals surface area contributed by atoms with E-state index in [0.717, 1.165) is 17.1 Å². The van der Waals surface area contributed by atoms with Crippen molar-refractivity contribution in [3.8, 4) is 11.8 Å². The number of rotatable bonds is 4.